The first-order chi connectivity index (χ1) is 14.3. The van der Waals surface area contributed by atoms with Gasteiger partial charge in [0.1, 0.15) is 24.0 Å². The Balaban J connectivity index is 1.89. The molecule has 2 aromatic rings. The molecule has 30 heavy (non-hydrogen) atoms. The molecule has 160 valence electrons. The number of hydrogen-bond acceptors (Lipinski definition) is 4. The van der Waals surface area contributed by atoms with Crippen LogP contribution in [0, 0.1) is 0 Å². The quantitative estimate of drug-likeness (QED) is 0.680. The summed E-state index contributed by atoms with van der Waals surface area (Å²) in [5, 5.41) is 5.16. The van der Waals surface area contributed by atoms with Gasteiger partial charge in [0.2, 0.25) is 5.91 Å². The van der Waals surface area contributed by atoms with Crippen molar-refractivity contribution in [3.05, 3.63) is 71.8 Å². The molecule has 0 bridgehead atoms. The topological polar surface area (TPSA) is 76.7 Å². The van der Waals surface area contributed by atoms with Crippen LogP contribution in [0.25, 0.3) is 6.08 Å². The van der Waals surface area contributed by atoms with Crippen molar-refractivity contribution in [2.75, 3.05) is 7.05 Å². The number of carbonyl (C=O) groups excluding carboxylic acids is 2. The number of ether oxygens (including phenoxy) is 2. The fourth-order valence-corrected chi connectivity index (χ4v) is 2.61. The lowest BCUT2D eigenvalue weighted by molar-refractivity contribution is -0.122. The number of rotatable bonds is 8. The second kappa shape index (κ2) is 11.0. The summed E-state index contributed by atoms with van der Waals surface area (Å²) in [6.07, 6.45) is 3.46. The zero-order valence-electron chi connectivity index (χ0n) is 18.0. The smallest absolute Gasteiger partial charge is 0.408 e. The highest BCUT2D eigenvalue weighted by Gasteiger charge is 2.22. The number of benzene rings is 2. The molecule has 0 unspecified atom stereocenters. The van der Waals surface area contributed by atoms with E-state index in [1.807, 2.05) is 66.7 Å². The van der Waals surface area contributed by atoms with Crippen molar-refractivity contribution >= 4 is 18.1 Å². The first-order valence-corrected chi connectivity index (χ1v) is 9.91. The Morgan fingerprint density at radius 2 is 1.70 bits per heavy atom. The predicted octanol–water partition coefficient (Wildman–Crippen LogP) is 4.31. The van der Waals surface area contributed by atoms with E-state index in [9.17, 15) is 9.59 Å². The Bertz CT molecular complexity index is 840. The molecule has 0 radical (unpaired) electrons. The molecular weight excluding hydrogens is 380 g/mol. The Morgan fingerprint density at radius 1 is 1.03 bits per heavy atom. The van der Waals surface area contributed by atoms with Gasteiger partial charge in [0.15, 0.2) is 0 Å². The van der Waals surface area contributed by atoms with Gasteiger partial charge in [-0.05, 0) is 50.5 Å². The van der Waals surface area contributed by atoms with Crippen molar-refractivity contribution in [3.8, 4) is 5.75 Å². The third-order valence-electron chi connectivity index (χ3n) is 4.06. The van der Waals surface area contributed by atoms with Crippen LogP contribution in [0.1, 0.15) is 38.3 Å². The fraction of sp³-hybridized carbons (Fsp3) is 0.333. The van der Waals surface area contributed by atoms with E-state index in [4.69, 9.17) is 9.47 Å². The molecular formula is C24H30N2O4. The van der Waals surface area contributed by atoms with Crippen LogP contribution < -0.4 is 15.4 Å². The monoisotopic (exact) mass is 410 g/mol. The third kappa shape index (κ3) is 8.39. The predicted molar refractivity (Wildman–Crippen MR) is 118 cm³/mol. The van der Waals surface area contributed by atoms with Crippen molar-refractivity contribution in [1.82, 2.24) is 10.6 Å². The molecule has 0 saturated heterocycles. The molecule has 0 aliphatic carbocycles. The van der Waals surface area contributed by atoms with E-state index in [1.165, 1.54) is 7.05 Å². The molecule has 0 heterocycles. The third-order valence-corrected chi connectivity index (χ3v) is 4.06. The van der Waals surface area contributed by atoms with Crippen molar-refractivity contribution in [3.63, 3.8) is 0 Å². The minimum absolute atomic E-state index is 0.282. The van der Waals surface area contributed by atoms with E-state index in [0.29, 0.717) is 13.0 Å². The highest BCUT2D eigenvalue weighted by molar-refractivity contribution is 5.85. The Hall–Kier alpha value is -3.28. The van der Waals surface area contributed by atoms with Gasteiger partial charge < -0.3 is 20.1 Å². The van der Waals surface area contributed by atoms with Gasteiger partial charge in [0.25, 0.3) is 0 Å². The van der Waals surface area contributed by atoms with Crippen LogP contribution in [0.4, 0.5) is 4.79 Å². The van der Waals surface area contributed by atoms with Gasteiger partial charge in [0.05, 0.1) is 0 Å². The molecule has 2 N–H and O–H groups in total. The van der Waals surface area contributed by atoms with Gasteiger partial charge in [0, 0.05) is 7.05 Å². The van der Waals surface area contributed by atoms with E-state index in [1.54, 1.807) is 20.8 Å². The Morgan fingerprint density at radius 3 is 2.30 bits per heavy atom. The number of alkyl carbamates (subject to hydrolysis) is 1. The number of nitrogens with one attached hydrogen (secondary N) is 2. The summed E-state index contributed by atoms with van der Waals surface area (Å²) in [6.45, 7) is 5.83. The van der Waals surface area contributed by atoms with E-state index < -0.39 is 17.7 Å². The van der Waals surface area contributed by atoms with Crippen LogP contribution in [0.2, 0.25) is 0 Å². The average molecular weight is 411 g/mol. The lowest BCUT2D eigenvalue weighted by atomic mass is 10.1. The lowest BCUT2D eigenvalue weighted by Crippen LogP contribution is -2.47. The number of amides is 2. The van der Waals surface area contributed by atoms with Gasteiger partial charge in [-0.3, -0.25) is 4.79 Å². The van der Waals surface area contributed by atoms with Gasteiger partial charge in [-0.2, -0.15) is 0 Å². The van der Waals surface area contributed by atoms with Gasteiger partial charge in [-0.1, -0.05) is 54.6 Å². The summed E-state index contributed by atoms with van der Waals surface area (Å²) in [6, 6.07) is 16.9. The lowest BCUT2D eigenvalue weighted by Gasteiger charge is -2.22. The zero-order chi connectivity index (χ0) is 22.0. The van der Waals surface area contributed by atoms with Crippen LogP contribution >= 0.6 is 0 Å². The molecule has 0 aliphatic rings. The van der Waals surface area contributed by atoms with E-state index in [-0.39, 0.29) is 5.91 Å². The average Bonchev–Trinajstić information content (AvgIpc) is 2.71. The maximum absolute atomic E-state index is 12.1. The van der Waals surface area contributed by atoms with Crippen molar-refractivity contribution < 1.29 is 19.1 Å². The highest BCUT2D eigenvalue weighted by Crippen LogP contribution is 2.15. The highest BCUT2D eigenvalue weighted by atomic mass is 16.6. The van der Waals surface area contributed by atoms with Gasteiger partial charge >= 0.3 is 6.09 Å². The largest absolute Gasteiger partial charge is 0.489 e. The van der Waals surface area contributed by atoms with Crippen LogP contribution in [-0.4, -0.2) is 30.7 Å². The van der Waals surface area contributed by atoms with Crippen LogP contribution in [0.3, 0.4) is 0 Å². The molecule has 0 spiro atoms. The van der Waals surface area contributed by atoms with Crippen molar-refractivity contribution in [1.29, 1.82) is 0 Å². The second-order valence-corrected chi connectivity index (χ2v) is 7.79. The molecule has 6 heteroatoms. The summed E-state index contributed by atoms with van der Waals surface area (Å²) >= 11 is 0. The standard InChI is InChI=1S/C24H30N2O4/c1-24(2,3)30-23(28)26-21(22(27)25-4)12-8-11-18-13-15-20(16-14-18)29-17-19-9-6-5-7-10-19/h5-11,13-16,21H,12,17H2,1-4H3,(H,25,27)(H,26,28)/b11-8+/t21-/m0/s1. The molecule has 0 aromatic heterocycles. The molecule has 0 saturated carbocycles. The molecule has 2 aromatic carbocycles. The molecule has 0 fully saturated rings. The van der Waals surface area contributed by atoms with Crippen LogP contribution in [0.5, 0.6) is 5.75 Å². The van der Waals surface area contributed by atoms with Crippen molar-refractivity contribution in [2.45, 2.75) is 45.4 Å². The van der Waals surface area contributed by atoms with E-state index >= 15 is 0 Å². The second-order valence-electron chi connectivity index (χ2n) is 7.79. The summed E-state index contributed by atoms with van der Waals surface area (Å²) in [5.41, 5.74) is 1.45. The first-order valence-electron chi connectivity index (χ1n) is 9.91. The first kappa shape index (κ1) is 23.0. The maximum Gasteiger partial charge on any atom is 0.408 e. The summed E-state index contributed by atoms with van der Waals surface area (Å²) in [5.74, 6) is 0.501. The van der Waals surface area contributed by atoms with Gasteiger partial charge in [-0.15, -0.1) is 0 Å². The minimum atomic E-state index is -0.713. The number of likely N-dealkylation sites (N-methyl/N-ethyl adjacent to an activating group) is 1. The normalized spacial score (nSPS) is 12.3. The van der Waals surface area contributed by atoms with Gasteiger partial charge in [-0.25, -0.2) is 4.79 Å². The van der Waals surface area contributed by atoms with Crippen LogP contribution in [0.15, 0.2) is 60.7 Å². The Labute approximate surface area is 178 Å². The number of carbonyl (C=O) groups is 2. The maximum atomic E-state index is 12.1. The molecule has 2 amide bonds. The molecule has 2 rings (SSSR count). The number of hydrogen-bond donors (Lipinski definition) is 2. The summed E-state index contributed by atoms with van der Waals surface area (Å²) in [7, 11) is 1.53. The fourth-order valence-electron chi connectivity index (χ4n) is 2.61. The van der Waals surface area contributed by atoms with Crippen molar-refractivity contribution in [2.24, 2.45) is 0 Å². The molecule has 0 aliphatic heterocycles. The van der Waals surface area contributed by atoms with E-state index in [0.717, 1.165) is 16.9 Å². The van der Waals surface area contributed by atoms with Crippen LogP contribution in [-0.2, 0) is 16.1 Å². The SMILES string of the molecule is CNC(=O)[C@H](C/C=C/c1ccc(OCc2ccccc2)cc1)NC(=O)OC(C)(C)C. The minimum Gasteiger partial charge on any atom is -0.489 e. The zero-order valence-corrected chi connectivity index (χ0v) is 18.0. The Kier molecular flexibility index (Phi) is 8.47. The molecule has 6 nitrogen and oxygen atoms in total. The summed E-state index contributed by atoms with van der Waals surface area (Å²) in [4.78, 5) is 24.0. The molecule has 1 atom stereocenters. The van der Waals surface area contributed by atoms with E-state index in [2.05, 4.69) is 10.6 Å². The summed E-state index contributed by atoms with van der Waals surface area (Å²) < 4.78 is 11.0.